The minimum absolute atomic E-state index is 0.468. The summed E-state index contributed by atoms with van der Waals surface area (Å²) < 4.78 is 0. The van der Waals surface area contributed by atoms with Crippen LogP contribution >= 0.6 is 0 Å². The number of carboxylic acids is 1. The number of hydrogen-bond acceptors (Lipinski definition) is 2. The number of aliphatic carboxylic acids is 1. The molecule has 0 saturated carbocycles. The largest absolute Gasteiger partial charge is 0.480 e. The molecule has 16 heavy (non-hydrogen) atoms. The SMILES string of the molecule is C=CC1=C(/C=C\C)CC(C(=O)O)NC1.CC. The molecule has 0 spiro atoms. The van der Waals surface area contributed by atoms with E-state index in [1.54, 1.807) is 6.08 Å². The molecule has 1 atom stereocenters. The minimum Gasteiger partial charge on any atom is -0.480 e. The molecule has 0 bridgehead atoms. The highest BCUT2D eigenvalue weighted by molar-refractivity contribution is 5.74. The van der Waals surface area contributed by atoms with Crippen molar-refractivity contribution in [1.82, 2.24) is 5.32 Å². The molecule has 0 saturated heterocycles. The zero-order valence-electron chi connectivity index (χ0n) is 10.3. The van der Waals surface area contributed by atoms with Crippen molar-refractivity contribution in [2.45, 2.75) is 33.2 Å². The highest BCUT2D eigenvalue weighted by Gasteiger charge is 2.22. The van der Waals surface area contributed by atoms with Crippen LogP contribution in [0, 0.1) is 0 Å². The maximum absolute atomic E-state index is 10.8. The first-order chi connectivity index (χ1) is 7.69. The summed E-state index contributed by atoms with van der Waals surface area (Å²) in [4.78, 5) is 10.8. The molecule has 0 aromatic rings. The van der Waals surface area contributed by atoms with Crippen molar-refractivity contribution in [2.75, 3.05) is 6.54 Å². The Hall–Kier alpha value is -1.35. The molecule has 1 rings (SSSR count). The Morgan fingerprint density at radius 2 is 2.12 bits per heavy atom. The van der Waals surface area contributed by atoms with Crippen molar-refractivity contribution in [3.8, 4) is 0 Å². The van der Waals surface area contributed by atoms with Gasteiger partial charge in [0.15, 0.2) is 0 Å². The maximum atomic E-state index is 10.8. The highest BCUT2D eigenvalue weighted by atomic mass is 16.4. The molecule has 3 heteroatoms. The van der Waals surface area contributed by atoms with Crippen LogP contribution in [0.2, 0.25) is 0 Å². The fourth-order valence-corrected chi connectivity index (χ4v) is 1.52. The molecule has 0 radical (unpaired) electrons. The van der Waals surface area contributed by atoms with Gasteiger partial charge in [0.05, 0.1) is 0 Å². The average Bonchev–Trinajstić information content (AvgIpc) is 2.32. The van der Waals surface area contributed by atoms with E-state index in [0.29, 0.717) is 13.0 Å². The number of carboxylic acid groups (broad SMARTS) is 1. The van der Waals surface area contributed by atoms with E-state index in [1.165, 1.54) is 0 Å². The first kappa shape index (κ1) is 14.6. The molecule has 0 aromatic carbocycles. The van der Waals surface area contributed by atoms with E-state index in [0.717, 1.165) is 11.1 Å². The van der Waals surface area contributed by atoms with E-state index >= 15 is 0 Å². The predicted octanol–water partition coefficient (Wildman–Crippen LogP) is 2.52. The fourth-order valence-electron chi connectivity index (χ4n) is 1.52. The van der Waals surface area contributed by atoms with Gasteiger partial charge in [-0.3, -0.25) is 4.79 Å². The summed E-state index contributed by atoms with van der Waals surface area (Å²) in [5, 5.41) is 11.8. The normalized spacial score (nSPS) is 20.3. The number of nitrogens with one attached hydrogen (secondary N) is 1. The average molecular weight is 223 g/mol. The Bertz CT molecular complexity index is 303. The van der Waals surface area contributed by atoms with Crippen molar-refractivity contribution in [2.24, 2.45) is 0 Å². The summed E-state index contributed by atoms with van der Waals surface area (Å²) in [7, 11) is 0. The van der Waals surface area contributed by atoms with Gasteiger partial charge in [0.1, 0.15) is 6.04 Å². The number of rotatable bonds is 3. The summed E-state index contributed by atoms with van der Waals surface area (Å²) in [6.45, 7) is 10.2. The molecule has 1 unspecified atom stereocenters. The second-order valence-electron chi connectivity index (χ2n) is 3.23. The molecule has 1 aliphatic rings. The Morgan fingerprint density at radius 1 is 1.50 bits per heavy atom. The van der Waals surface area contributed by atoms with Crippen LogP contribution in [0.15, 0.2) is 36.0 Å². The van der Waals surface area contributed by atoms with Gasteiger partial charge in [-0.1, -0.05) is 38.7 Å². The van der Waals surface area contributed by atoms with Gasteiger partial charge in [-0.05, 0) is 24.5 Å². The van der Waals surface area contributed by atoms with Crippen LogP contribution in [0.5, 0.6) is 0 Å². The van der Waals surface area contributed by atoms with E-state index in [-0.39, 0.29) is 0 Å². The topological polar surface area (TPSA) is 49.3 Å². The van der Waals surface area contributed by atoms with Gasteiger partial charge in [-0.25, -0.2) is 0 Å². The smallest absolute Gasteiger partial charge is 0.321 e. The third kappa shape index (κ3) is 4.03. The molecule has 2 N–H and O–H groups in total. The van der Waals surface area contributed by atoms with Gasteiger partial charge < -0.3 is 10.4 Å². The van der Waals surface area contributed by atoms with E-state index in [9.17, 15) is 4.79 Å². The van der Waals surface area contributed by atoms with Crippen LogP contribution in [-0.2, 0) is 4.79 Å². The number of hydrogen-bond donors (Lipinski definition) is 2. The summed E-state index contributed by atoms with van der Waals surface area (Å²) in [6.07, 6.45) is 6.18. The van der Waals surface area contributed by atoms with E-state index in [4.69, 9.17) is 5.11 Å². The third-order valence-electron chi connectivity index (χ3n) is 2.29. The Kier molecular flexibility index (Phi) is 7.21. The summed E-state index contributed by atoms with van der Waals surface area (Å²) >= 11 is 0. The van der Waals surface area contributed by atoms with Gasteiger partial charge in [-0.15, -0.1) is 0 Å². The fraction of sp³-hybridized carbons (Fsp3) is 0.462. The summed E-state index contributed by atoms with van der Waals surface area (Å²) in [5.41, 5.74) is 2.15. The summed E-state index contributed by atoms with van der Waals surface area (Å²) in [5.74, 6) is -0.796. The van der Waals surface area contributed by atoms with Crippen molar-refractivity contribution >= 4 is 5.97 Å². The van der Waals surface area contributed by atoms with Crippen LogP contribution in [0.4, 0.5) is 0 Å². The zero-order chi connectivity index (χ0) is 12.6. The standard InChI is InChI=1S/C11H15NO2.C2H6/c1-3-5-9-6-10(11(13)14)12-7-8(9)4-2;1-2/h3-5,10,12H,2,6-7H2,1H3,(H,13,14);1-2H3/b5-3-;. The summed E-state index contributed by atoms with van der Waals surface area (Å²) in [6, 6.07) is -0.468. The second-order valence-corrected chi connectivity index (χ2v) is 3.23. The lowest BCUT2D eigenvalue weighted by atomic mass is 9.95. The molecule has 0 fully saturated rings. The van der Waals surface area contributed by atoms with E-state index in [1.807, 2.05) is 32.9 Å². The predicted molar refractivity (Wildman–Crippen MR) is 67.4 cm³/mol. The van der Waals surface area contributed by atoms with Crippen LogP contribution in [-0.4, -0.2) is 23.7 Å². The first-order valence-electron chi connectivity index (χ1n) is 5.62. The van der Waals surface area contributed by atoms with Crippen molar-refractivity contribution < 1.29 is 9.90 Å². The molecule has 0 amide bonds. The van der Waals surface area contributed by atoms with Crippen LogP contribution in [0.3, 0.4) is 0 Å². The molecule has 3 nitrogen and oxygen atoms in total. The van der Waals surface area contributed by atoms with E-state index in [2.05, 4.69) is 11.9 Å². The number of allylic oxidation sites excluding steroid dienone is 2. The molecule has 0 aliphatic carbocycles. The molecular weight excluding hydrogens is 202 g/mol. The quantitative estimate of drug-likeness (QED) is 0.773. The van der Waals surface area contributed by atoms with Gasteiger partial charge in [0, 0.05) is 6.54 Å². The van der Waals surface area contributed by atoms with Gasteiger partial charge in [-0.2, -0.15) is 0 Å². The lowest BCUT2D eigenvalue weighted by Crippen LogP contribution is -2.41. The van der Waals surface area contributed by atoms with Crippen molar-refractivity contribution in [1.29, 1.82) is 0 Å². The van der Waals surface area contributed by atoms with Crippen molar-refractivity contribution in [3.63, 3.8) is 0 Å². The second kappa shape index (κ2) is 7.88. The minimum atomic E-state index is -0.796. The lowest BCUT2D eigenvalue weighted by molar-refractivity contribution is -0.139. The Balaban J connectivity index is 0.00000106. The van der Waals surface area contributed by atoms with E-state index < -0.39 is 12.0 Å². The van der Waals surface area contributed by atoms with Crippen LogP contribution in [0.1, 0.15) is 27.2 Å². The van der Waals surface area contributed by atoms with Gasteiger partial charge >= 0.3 is 5.97 Å². The van der Waals surface area contributed by atoms with Crippen LogP contribution < -0.4 is 5.32 Å². The van der Waals surface area contributed by atoms with Gasteiger partial charge in [0.2, 0.25) is 0 Å². The maximum Gasteiger partial charge on any atom is 0.321 e. The molecule has 0 aromatic heterocycles. The van der Waals surface area contributed by atoms with Crippen molar-refractivity contribution in [3.05, 3.63) is 36.0 Å². The highest BCUT2D eigenvalue weighted by Crippen LogP contribution is 2.18. The molecular formula is C13H21NO2. The van der Waals surface area contributed by atoms with Gasteiger partial charge in [0.25, 0.3) is 0 Å². The molecule has 1 heterocycles. The Labute approximate surface area is 97.6 Å². The monoisotopic (exact) mass is 223 g/mol. The lowest BCUT2D eigenvalue weighted by Gasteiger charge is -2.23. The zero-order valence-corrected chi connectivity index (χ0v) is 10.3. The third-order valence-corrected chi connectivity index (χ3v) is 2.29. The number of carbonyl (C=O) groups is 1. The first-order valence-corrected chi connectivity index (χ1v) is 5.62. The molecule has 90 valence electrons. The molecule has 1 aliphatic heterocycles. The van der Waals surface area contributed by atoms with Crippen LogP contribution in [0.25, 0.3) is 0 Å². The Morgan fingerprint density at radius 3 is 2.56 bits per heavy atom.